The van der Waals surface area contributed by atoms with Gasteiger partial charge in [0.15, 0.2) is 11.5 Å². The number of nitrogens with one attached hydrogen (secondary N) is 2. The topological polar surface area (TPSA) is 94.7 Å². The average Bonchev–Trinajstić information content (AvgIpc) is 3.17. The number of nitrogens with zero attached hydrogens (tertiary/aromatic N) is 1. The molecule has 0 saturated carbocycles. The third-order valence-corrected chi connectivity index (χ3v) is 4.56. The molecule has 1 amide bonds. The van der Waals surface area contributed by atoms with Gasteiger partial charge in [0.2, 0.25) is 5.75 Å². The Balaban J connectivity index is 1.70. The van der Waals surface area contributed by atoms with E-state index in [9.17, 15) is 4.79 Å². The first-order chi connectivity index (χ1) is 15.1. The van der Waals surface area contributed by atoms with Crippen LogP contribution in [-0.4, -0.2) is 49.4 Å². The average molecular weight is 428 g/mol. The number of amides is 1. The summed E-state index contributed by atoms with van der Waals surface area (Å²) in [5, 5.41) is 2.93. The third kappa shape index (κ3) is 5.39. The maximum Gasteiger partial charge on any atom is 0.251 e. The predicted molar refractivity (Wildman–Crippen MR) is 119 cm³/mol. The highest BCUT2D eigenvalue weighted by atomic mass is 16.5. The van der Waals surface area contributed by atoms with E-state index in [1.807, 2.05) is 39.0 Å². The van der Waals surface area contributed by atoms with Gasteiger partial charge < -0.3 is 29.2 Å². The van der Waals surface area contributed by atoms with Crippen LogP contribution in [-0.2, 0) is 6.42 Å². The van der Waals surface area contributed by atoms with Gasteiger partial charge in [0, 0.05) is 24.6 Å². The molecule has 0 bridgehead atoms. The van der Waals surface area contributed by atoms with Gasteiger partial charge in [-0.25, -0.2) is 4.98 Å². The number of aromatic amines is 1. The van der Waals surface area contributed by atoms with Gasteiger partial charge in [-0.3, -0.25) is 4.79 Å². The normalized spacial score (nSPS) is 10.7. The van der Waals surface area contributed by atoms with Gasteiger partial charge in [-0.1, -0.05) is 0 Å². The van der Waals surface area contributed by atoms with Crippen LogP contribution in [0, 0.1) is 0 Å². The van der Waals surface area contributed by atoms with Crippen molar-refractivity contribution in [2.45, 2.75) is 27.2 Å². The molecule has 0 fully saturated rings. The first-order valence-electron chi connectivity index (χ1n) is 10.5. The molecule has 0 aliphatic carbocycles. The van der Waals surface area contributed by atoms with E-state index in [-0.39, 0.29) is 5.91 Å². The van der Waals surface area contributed by atoms with E-state index < -0.39 is 0 Å². The molecule has 2 aromatic carbocycles. The van der Waals surface area contributed by atoms with Gasteiger partial charge in [0.1, 0.15) is 11.6 Å². The number of benzene rings is 2. The van der Waals surface area contributed by atoms with E-state index in [1.165, 1.54) is 0 Å². The molecule has 8 heteroatoms. The second kappa shape index (κ2) is 10.6. The monoisotopic (exact) mass is 427 g/mol. The zero-order valence-electron chi connectivity index (χ0n) is 18.4. The fourth-order valence-corrected chi connectivity index (χ4v) is 3.20. The minimum Gasteiger partial charge on any atom is -0.497 e. The smallest absolute Gasteiger partial charge is 0.251 e. The summed E-state index contributed by atoms with van der Waals surface area (Å²) in [6, 6.07) is 9.03. The van der Waals surface area contributed by atoms with Crippen molar-refractivity contribution in [3.05, 3.63) is 41.7 Å². The summed E-state index contributed by atoms with van der Waals surface area (Å²) in [6.45, 7) is 7.45. The van der Waals surface area contributed by atoms with Crippen LogP contribution in [0.5, 0.6) is 23.0 Å². The molecule has 0 saturated heterocycles. The lowest BCUT2D eigenvalue weighted by atomic mass is 10.1. The summed E-state index contributed by atoms with van der Waals surface area (Å²) in [4.78, 5) is 20.6. The van der Waals surface area contributed by atoms with Gasteiger partial charge >= 0.3 is 0 Å². The number of hydrogen-bond donors (Lipinski definition) is 2. The molecule has 0 unspecified atom stereocenters. The minimum atomic E-state index is -0.220. The van der Waals surface area contributed by atoms with Gasteiger partial charge in [-0.2, -0.15) is 0 Å². The summed E-state index contributed by atoms with van der Waals surface area (Å²) in [6.07, 6.45) is 0.566. The Morgan fingerprint density at radius 2 is 1.68 bits per heavy atom. The largest absolute Gasteiger partial charge is 0.497 e. The molecule has 2 N–H and O–H groups in total. The zero-order valence-corrected chi connectivity index (χ0v) is 18.4. The molecule has 3 rings (SSSR count). The second-order valence-electron chi connectivity index (χ2n) is 6.67. The number of carbonyl (C=O) groups excluding carboxylic acids is 1. The van der Waals surface area contributed by atoms with Crippen LogP contribution in [0.3, 0.4) is 0 Å². The Labute approximate surface area is 181 Å². The lowest BCUT2D eigenvalue weighted by Crippen LogP contribution is -2.26. The minimum absolute atomic E-state index is 0.220. The molecule has 0 atom stereocenters. The number of ether oxygens (including phenoxy) is 4. The van der Waals surface area contributed by atoms with Crippen LogP contribution in [0.4, 0.5) is 0 Å². The summed E-state index contributed by atoms with van der Waals surface area (Å²) in [5.41, 5.74) is 2.20. The number of H-pyrrole nitrogens is 1. The van der Waals surface area contributed by atoms with Gasteiger partial charge in [-0.15, -0.1) is 0 Å². The van der Waals surface area contributed by atoms with E-state index in [2.05, 4.69) is 15.3 Å². The standard InChI is InChI=1S/C23H29N3O5/c1-5-29-19-12-15(13-20(30-6-2)22(19)31-7-3)23(27)24-11-10-21-25-17-9-8-16(28-4)14-18(17)26-21/h8-9,12-14H,5-7,10-11H2,1-4H3,(H,24,27)(H,25,26). The highest BCUT2D eigenvalue weighted by Gasteiger charge is 2.18. The second-order valence-corrected chi connectivity index (χ2v) is 6.67. The number of carbonyl (C=O) groups is 1. The molecular formula is C23H29N3O5. The Bertz CT molecular complexity index is 1000. The molecule has 0 radical (unpaired) electrons. The van der Waals surface area contributed by atoms with Crippen molar-refractivity contribution in [2.75, 3.05) is 33.5 Å². The SMILES string of the molecule is CCOc1cc(C(=O)NCCc2nc3ccc(OC)cc3[nH]2)cc(OCC)c1OCC. The summed E-state index contributed by atoms with van der Waals surface area (Å²) >= 11 is 0. The number of aromatic nitrogens is 2. The number of rotatable bonds is 11. The van der Waals surface area contributed by atoms with Crippen LogP contribution in [0.25, 0.3) is 11.0 Å². The molecule has 31 heavy (non-hydrogen) atoms. The molecule has 1 aromatic heterocycles. The predicted octanol–water partition coefficient (Wildman–Crippen LogP) is 3.74. The number of imidazole rings is 1. The van der Waals surface area contributed by atoms with Crippen molar-refractivity contribution in [1.29, 1.82) is 0 Å². The maximum absolute atomic E-state index is 12.8. The maximum atomic E-state index is 12.8. The quantitative estimate of drug-likeness (QED) is 0.484. The van der Waals surface area contributed by atoms with Crippen LogP contribution < -0.4 is 24.3 Å². The molecule has 8 nitrogen and oxygen atoms in total. The Morgan fingerprint density at radius 1 is 1.00 bits per heavy atom. The Kier molecular flexibility index (Phi) is 7.59. The van der Waals surface area contributed by atoms with Crippen molar-refractivity contribution in [1.82, 2.24) is 15.3 Å². The van der Waals surface area contributed by atoms with Crippen molar-refractivity contribution < 1.29 is 23.7 Å². The van der Waals surface area contributed by atoms with E-state index in [0.29, 0.717) is 55.6 Å². The first kappa shape index (κ1) is 22.3. The van der Waals surface area contributed by atoms with Crippen molar-refractivity contribution in [3.8, 4) is 23.0 Å². The molecular weight excluding hydrogens is 398 g/mol. The highest BCUT2D eigenvalue weighted by Crippen LogP contribution is 2.39. The van der Waals surface area contributed by atoms with Gasteiger partial charge in [-0.05, 0) is 45.0 Å². The van der Waals surface area contributed by atoms with E-state index in [0.717, 1.165) is 22.6 Å². The summed E-state index contributed by atoms with van der Waals surface area (Å²) in [7, 11) is 1.63. The van der Waals surface area contributed by atoms with Crippen molar-refractivity contribution in [3.63, 3.8) is 0 Å². The number of methoxy groups -OCH3 is 1. The van der Waals surface area contributed by atoms with Crippen LogP contribution >= 0.6 is 0 Å². The van der Waals surface area contributed by atoms with Crippen LogP contribution in [0.15, 0.2) is 30.3 Å². The first-order valence-corrected chi connectivity index (χ1v) is 10.5. The Morgan fingerprint density at radius 3 is 2.29 bits per heavy atom. The number of fused-ring (bicyclic) bond motifs is 1. The van der Waals surface area contributed by atoms with Gasteiger partial charge in [0.05, 0.1) is 38.0 Å². The molecule has 0 aliphatic rings. The summed E-state index contributed by atoms with van der Waals surface area (Å²) < 4.78 is 22.3. The third-order valence-electron chi connectivity index (χ3n) is 4.56. The van der Waals surface area contributed by atoms with Crippen molar-refractivity contribution in [2.24, 2.45) is 0 Å². The molecule has 166 valence electrons. The molecule has 1 heterocycles. The van der Waals surface area contributed by atoms with E-state index in [1.54, 1.807) is 19.2 Å². The molecule has 0 spiro atoms. The fraction of sp³-hybridized carbons (Fsp3) is 0.391. The zero-order chi connectivity index (χ0) is 22.2. The van der Waals surface area contributed by atoms with Crippen LogP contribution in [0.2, 0.25) is 0 Å². The fourth-order valence-electron chi connectivity index (χ4n) is 3.20. The molecule has 3 aromatic rings. The van der Waals surface area contributed by atoms with Gasteiger partial charge in [0.25, 0.3) is 5.91 Å². The van der Waals surface area contributed by atoms with E-state index >= 15 is 0 Å². The van der Waals surface area contributed by atoms with Crippen LogP contribution in [0.1, 0.15) is 37.0 Å². The lowest BCUT2D eigenvalue weighted by Gasteiger charge is -2.17. The number of hydrogen-bond acceptors (Lipinski definition) is 6. The highest BCUT2D eigenvalue weighted by molar-refractivity contribution is 5.95. The Hall–Kier alpha value is -3.42. The lowest BCUT2D eigenvalue weighted by molar-refractivity contribution is 0.0953. The summed E-state index contributed by atoms with van der Waals surface area (Å²) in [5.74, 6) is 2.84. The van der Waals surface area contributed by atoms with E-state index in [4.69, 9.17) is 18.9 Å². The van der Waals surface area contributed by atoms with Crippen molar-refractivity contribution >= 4 is 16.9 Å². The molecule has 0 aliphatic heterocycles.